The molecule has 1 aromatic rings. The number of benzene rings is 1. The van der Waals surface area contributed by atoms with Gasteiger partial charge in [0, 0.05) is 20.0 Å². The average molecular weight is 318 g/mol. The Balaban J connectivity index is 2.60. The Labute approximate surface area is 133 Å². The Morgan fingerprint density at radius 3 is 2.50 bits per heavy atom. The molecule has 1 heterocycles. The zero-order valence-corrected chi connectivity index (χ0v) is 12.9. The number of hydrogen-bond acceptors (Lipinski definition) is 4. The summed E-state index contributed by atoms with van der Waals surface area (Å²) in [7, 11) is 3.22. The number of nitrogens with zero attached hydrogens (tertiary/aromatic N) is 2. The maximum Gasteiger partial charge on any atom is 0.233 e. The minimum Gasteiger partial charge on any atom is -0.384 e. The van der Waals surface area contributed by atoms with Crippen LogP contribution < -0.4 is 11.1 Å². The first-order valence-electron chi connectivity index (χ1n) is 6.54. The van der Waals surface area contributed by atoms with Crippen molar-refractivity contribution in [2.45, 2.75) is 5.92 Å². The average Bonchev–Trinajstić information content (AvgIpc) is 2.46. The number of halogens is 1. The predicted octanol–water partition coefficient (Wildman–Crippen LogP) is 1.24. The van der Waals surface area contributed by atoms with Crippen molar-refractivity contribution in [1.82, 2.24) is 10.2 Å². The van der Waals surface area contributed by atoms with Crippen molar-refractivity contribution in [3.8, 4) is 6.07 Å². The van der Waals surface area contributed by atoms with Crippen molar-refractivity contribution in [1.29, 1.82) is 5.26 Å². The fourth-order valence-corrected chi connectivity index (χ4v) is 2.80. The Kier molecular flexibility index (Phi) is 4.43. The zero-order valence-electron chi connectivity index (χ0n) is 12.1. The first kappa shape index (κ1) is 15.9. The molecule has 0 aliphatic carbocycles. The van der Waals surface area contributed by atoms with Crippen molar-refractivity contribution in [3.63, 3.8) is 0 Å². The monoisotopic (exact) mass is 318 g/mol. The van der Waals surface area contributed by atoms with Crippen LogP contribution in [-0.4, -0.2) is 29.9 Å². The fraction of sp³-hybridized carbons (Fsp3) is 0.267. The van der Waals surface area contributed by atoms with Crippen LogP contribution in [0.5, 0.6) is 0 Å². The molecule has 1 aliphatic heterocycles. The van der Waals surface area contributed by atoms with Crippen LogP contribution >= 0.6 is 12.2 Å². The summed E-state index contributed by atoms with van der Waals surface area (Å²) in [5.41, 5.74) is 6.67. The third kappa shape index (κ3) is 2.78. The first-order valence-corrected chi connectivity index (χ1v) is 6.95. The van der Waals surface area contributed by atoms with E-state index in [1.54, 1.807) is 14.1 Å². The van der Waals surface area contributed by atoms with Gasteiger partial charge in [-0.3, -0.25) is 4.79 Å². The molecule has 0 saturated heterocycles. The number of rotatable bonds is 2. The lowest BCUT2D eigenvalue weighted by molar-refractivity contribution is -0.131. The molecular weight excluding hydrogens is 303 g/mol. The molecule has 1 amide bonds. The van der Waals surface area contributed by atoms with Crippen molar-refractivity contribution >= 4 is 23.1 Å². The van der Waals surface area contributed by atoms with Crippen LogP contribution in [0.25, 0.3) is 0 Å². The highest BCUT2D eigenvalue weighted by Gasteiger charge is 2.41. The van der Waals surface area contributed by atoms with Gasteiger partial charge in [-0.15, -0.1) is 0 Å². The number of hydrogen-bond donors (Lipinski definition) is 2. The second kappa shape index (κ2) is 6.12. The number of nitriles is 1. The Morgan fingerprint density at radius 1 is 1.41 bits per heavy atom. The number of carbonyl (C=O) groups is 1. The molecule has 0 aromatic heterocycles. The Bertz CT molecular complexity index is 690. The van der Waals surface area contributed by atoms with Crippen LogP contribution in [0.15, 0.2) is 35.7 Å². The molecular formula is C15H15FN4OS. The van der Waals surface area contributed by atoms with Crippen LogP contribution in [0.4, 0.5) is 4.39 Å². The van der Waals surface area contributed by atoms with E-state index in [1.807, 2.05) is 6.07 Å². The van der Waals surface area contributed by atoms with Crippen LogP contribution in [0, 0.1) is 23.1 Å². The molecule has 22 heavy (non-hydrogen) atoms. The number of nitrogens with one attached hydrogen (secondary N) is 1. The van der Waals surface area contributed by atoms with Gasteiger partial charge in [0.1, 0.15) is 17.6 Å². The third-order valence-electron chi connectivity index (χ3n) is 3.53. The molecule has 0 unspecified atom stereocenters. The summed E-state index contributed by atoms with van der Waals surface area (Å²) in [4.78, 5) is 14.1. The molecule has 1 aliphatic rings. The van der Waals surface area contributed by atoms with Crippen molar-refractivity contribution < 1.29 is 9.18 Å². The van der Waals surface area contributed by atoms with Crippen molar-refractivity contribution in [3.05, 3.63) is 47.0 Å². The molecule has 0 bridgehead atoms. The largest absolute Gasteiger partial charge is 0.384 e. The van der Waals surface area contributed by atoms with E-state index in [2.05, 4.69) is 5.32 Å². The number of nitrogens with two attached hydrogens (primary N) is 1. The van der Waals surface area contributed by atoms with Gasteiger partial charge in [-0.1, -0.05) is 24.4 Å². The standard InChI is InChI=1S/C15H15FN4OS/c1-20(2)15(21)12-11(8-3-5-9(16)6-4-8)10(7-17)13(18)19-14(12)22/h3-6,11-12H,18H2,1-2H3,(H,19,22)/t11-,12+/m0/s1. The SMILES string of the molecule is CN(C)C(=O)[C@H]1C(=S)NC(N)=C(C#N)[C@@H]1c1ccc(F)cc1. The van der Waals surface area contributed by atoms with E-state index in [0.29, 0.717) is 5.56 Å². The number of thiocarbonyl (C=S) groups is 1. The van der Waals surface area contributed by atoms with Gasteiger partial charge in [0.15, 0.2) is 0 Å². The number of amides is 1. The Morgan fingerprint density at radius 2 is 2.00 bits per heavy atom. The summed E-state index contributed by atoms with van der Waals surface area (Å²) in [5.74, 6) is -1.89. The second-order valence-electron chi connectivity index (χ2n) is 5.17. The van der Waals surface area contributed by atoms with Gasteiger partial charge in [0.25, 0.3) is 0 Å². The van der Waals surface area contributed by atoms with Crippen LogP contribution in [0.1, 0.15) is 11.5 Å². The summed E-state index contributed by atoms with van der Waals surface area (Å²) < 4.78 is 13.2. The zero-order chi connectivity index (χ0) is 16.4. The van der Waals surface area contributed by atoms with E-state index < -0.39 is 17.7 Å². The predicted molar refractivity (Wildman–Crippen MR) is 83.9 cm³/mol. The summed E-state index contributed by atoms with van der Waals surface area (Å²) in [5, 5.41) is 12.1. The summed E-state index contributed by atoms with van der Waals surface area (Å²) in [6.45, 7) is 0. The smallest absolute Gasteiger partial charge is 0.233 e. The quantitative estimate of drug-likeness (QED) is 0.802. The lowest BCUT2D eigenvalue weighted by Gasteiger charge is -2.34. The molecule has 5 nitrogen and oxygen atoms in total. The van der Waals surface area contributed by atoms with Gasteiger partial charge in [-0.25, -0.2) is 4.39 Å². The Hall–Kier alpha value is -2.46. The van der Waals surface area contributed by atoms with Crippen LogP contribution in [0.2, 0.25) is 0 Å². The van der Waals surface area contributed by atoms with E-state index in [1.165, 1.54) is 29.2 Å². The third-order valence-corrected chi connectivity index (χ3v) is 3.89. The molecule has 0 saturated carbocycles. The number of allylic oxidation sites excluding steroid dienone is 1. The molecule has 3 N–H and O–H groups in total. The highest BCUT2D eigenvalue weighted by molar-refractivity contribution is 7.80. The van der Waals surface area contributed by atoms with E-state index in [4.69, 9.17) is 18.0 Å². The molecule has 2 atom stereocenters. The molecule has 1 aromatic carbocycles. The van der Waals surface area contributed by atoms with E-state index in [0.717, 1.165) is 0 Å². The van der Waals surface area contributed by atoms with Crippen LogP contribution in [-0.2, 0) is 4.79 Å². The molecule has 2 rings (SSSR count). The van der Waals surface area contributed by atoms with Gasteiger partial charge in [-0.2, -0.15) is 5.26 Å². The van der Waals surface area contributed by atoms with Crippen molar-refractivity contribution in [2.75, 3.05) is 14.1 Å². The van der Waals surface area contributed by atoms with Crippen LogP contribution in [0.3, 0.4) is 0 Å². The highest BCUT2D eigenvalue weighted by atomic mass is 32.1. The van der Waals surface area contributed by atoms with Gasteiger partial charge in [0.2, 0.25) is 5.91 Å². The van der Waals surface area contributed by atoms with E-state index in [-0.39, 0.29) is 22.3 Å². The molecule has 114 valence electrons. The van der Waals surface area contributed by atoms with Gasteiger partial charge >= 0.3 is 0 Å². The van der Waals surface area contributed by atoms with Gasteiger partial charge in [-0.05, 0) is 17.7 Å². The summed E-state index contributed by atoms with van der Waals surface area (Å²) >= 11 is 5.25. The molecule has 7 heteroatoms. The maximum atomic E-state index is 13.2. The highest BCUT2D eigenvalue weighted by Crippen LogP contribution is 2.37. The first-order chi connectivity index (χ1) is 10.4. The summed E-state index contributed by atoms with van der Waals surface area (Å²) in [6.07, 6.45) is 0. The maximum absolute atomic E-state index is 13.2. The van der Waals surface area contributed by atoms with E-state index >= 15 is 0 Å². The fourth-order valence-electron chi connectivity index (χ4n) is 2.46. The lowest BCUT2D eigenvalue weighted by atomic mass is 9.77. The molecule has 0 fully saturated rings. The summed E-state index contributed by atoms with van der Waals surface area (Å²) in [6, 6.07) is 7.66. The molecule has 0 radical (unpaired) electrons. The van der Waals surface area contributed by atoms with Gasteiger partial charge < -0.3 is 16.0 Å². The topological polar surface area (TPSA) is 82.2 Å². The molecule has 0 spiro atoms. The number of carbonyl (C=O) groups excluding carboxylic acids is 1. The van der Waals surface area contributed by atoms with Crippen molar-refractivity contribution in [2.24, 2.45) is 11.7 Å². The van der Waals surface area contributed by atoms with Gasteiger partial charge in [0.05, 0.1) is 16.6 Å². The van der Waals surface area contributed by atoms with E-state index in [9.17, 15) is 14.4 Å². The lowest BCUT2D eigenvalue weighted by Crippen LogP contribution is -2.48. The minimum absolute atomic E-state index is 0.129. The normalized spacial score (nSPS) is 21.1. The second-order valence-corrected chi connectivity index (χ2v) is 5.61. The minimum atomic E-state index is -0.752.